The van der Waals surface area contributed by atoms with Gasteiger partial charge >= 0.3 is 0 Å². The van der Waals surface area contributed by atoms with Crippen LogP contribution in [0.4, 0.5) is 0 Å². The Morgan fingerprint density at radius 3 is 2.32 bits per heavy atom. The van der Waals surface area contributed by atoms with Gasteiger partial charge in [0.15, 0.2) is 18.1 Å². The Labute approximate surface area is 155 Å². The monoisotopic (exact) mass is 382 g/mol. The number of amides is 2. The molecule has 0 bridgehead atoms. The summed E-state index contributed by atoms with van der Waals surface area (Å²) in [7, 11) is 1.51. The molecule has 0 heterocycles. The number of methoxy groups -OCH3 is 1. The van der Waals surface area contributed by atoms with Crippen molar-refractivity contribution in [3.05, 3.63) is 58.1 Å². The summed E-state index contributed by atoms with van der Waals surface area (Å²) in [6.45, 7) is -0.270. The number of ether oxygens (including phenoxy) is 2. The smallest absolute Gasteiger partial charge is 0.276 e. The maximum atomic E-state index is 11.8. The lowest BCUT2D eigenvalue weighted by Crippen LogP contribution is -2.44. The van der Waals surface area contributed by atoms with E-state index >= 15 is 0 Å². The van der Waals surface area contributed by atoms with Crippen molar-refractivity contribution in [3.63, 3.8) is 0 Å². The number of carbonyl (C=O) groups is 2. The molecule has 0 aromatic heterocycles. The number of nitrogens with one attached hydrogen (secondary N) is 2. The second-order valence-corrected chi connectivity index (χ2v) is 5.78. The summed E-state index contributed by atoms with van der Waals surface area (Å²) >= 11 is 11.7. The van der Waals surface area contributed by atoms with Crippen LogP contribution < -0.4 is 20.3 Å². The van der Waals surface area contributed by atoms with Gasteiger partial charge in [-0.3, -0.25) is 20.4 Å². The zero-order chi connectivity index (χ0) is 18.2. The van der Waals surface area contributed by atoms with Crippen LogP contribution in [0.5, 0.6) is 11.5 Å². The Kier molecular flexibility index (Phi) is 6.91. The Bertz CT molecular complexity index is 768. The number of hydrogen-bond donors (Lipinski definition) is 2. The van der Waals surface area contributed by atoms with Gasteiger partial charge in [-0.25, -0.2) is 0 Å². The second kappa shape index (κ2) is 9.15. The molecule has 6 nitrogen and oxygen atoms in total. The van der Waals surface area contributed by atoms with Crippen LogP contribution in [-0.2, 0) is 16.0 Å². The van der Waals surface area contributed by atoms with Crippen LogP contribution in [-0.4, -0.2) is 25.5 Å². The molecule has 0 saturated carbocycles. The molecule has 2 N–H and O–H groups in total. The normalized spacial score (nSPS) is 10.0. The minimum Gasteiger partial charge on any atom is -0.493 e. The molecule has 0 aliphatic heterocycles. The van der Waals surface area contributed by atoms with Crippen LogP contribution in [0.15, 0.2) is 42.5 Å². The van der Waals surface area contributed by atoms with E-state index in [-0.39, 0.29) is 13.0 Å². The molecule has 2 aromatic rings. The average molecular weight is 383 g/mol. The van der Waals surface area contributed by atoms with E-state index in [9.17, 15) is 9.59 Å². The lowest BCUT2D eigenvalue weighted by molar-refractivity contribution is -0.129. The van der Waals surface area contributed by atoms with Crippen molar-refractivity contribution >= 4 is 35.0 Å². The topological polar surface area (TPSA) is 76.7 Å². The molecular weight excluding hydrogens is 367 g/mol. The van der Waals surface area contributed by atoms with Gasteiger partial charge in [0.05, 0.1) is 23.6 Å². The Morgan fingerprint density at radius 1 is 0.960 bits per heavy atom. The minimum atomic E-state index is -0.506. The summed E-state index contributed by atoms with van der Waals surface area (Å²) in [6.07, 6.45) is 0.0462. The molecule has 0 aliphatic carbocycles. The molecule has 0 aliphatic rings. The van der Waals surface area contributed by atoms with E-state index < -0.39 is 11.8 Å². The zero-order valence-corrected chi connectivity index (χ0v) is 14.9. The van der Waals surface area contributed by atoms with Gasteiger partial charge in [0.1, 0.15) is 0 Å². The van der Waals surface area contributed by atoms with Gasteiger partial charge in [-0.2, -0.15) is 0 Å². The summed E-state index contributed by atoms with van der Waals surface area (Å²) in [6, 6.07) is 11.8. The number of halogens is 2. The van der Waals surface area contributed by atoms with Crippen molar-refractivity contribution in [1.82, 2.24) is 10.9 Å². The molecule has 0 atom stereocenters. The van der Waals surface area contributed by atoms with E-state index in [0.29, 0.717) is 27.1 Å². The Morgan fingerprint density at radius 2 is 1.64 bits per heavy atom. The molecule has 2 amide bonds. The van der Waals surface area contributed by atoms with Gasteiger partial charge in [0, 0.05) is 0 Å². The summed E-state index contributed by atoms with van der Waals surface area (Å²) in [4.78, 5) is 23.6. The van der Waals surface area contributed by atoms with E-state index in [4.69, 9.17) is 32.7 Å². The molecule has 25 heavy (non-hydrogen) atoms. The summed E-state index contributed by atoms with van der Waals surface area (Å²) in [5.74, 6) is 0.0404. The summed E-state index contributed by atoms with van der Waals surface area (Å²) < 4.78 is 10.5. The highest BCUT2D eigenvalue weighted by Gasteiger charge is 2.09. The summed E-state index contributed by atoms with van der Waals surface area (Å²) in [5.41, 5.74) is 5.25. The number of hydrogen-bond acceptors (Lipinski definition) is 4. The van der Waals surface area contributed by atoms with Crippen LogP contribution in [0, 0.1) is 0 Å². The number of carbonyl (C=O) groups excluding carboxylic acids is 2. The predicted molar refractivity (Wildman–Crippen MR) is 94.9 cm³/mol. The van der Waals surface area contributed by atoms with E-state index in [0.717, 1.165) is 0 Å². The SMILES string of the molecule is COc1ccccc1OCC(=O)NNC(=O)Cc1ccc(Cl)c(Cl)c1. The van der Waals surface area contributed by atoms with Gasteiger partial charge in [0.25, 0.3) is 5.91 Å². The van der Waals surface area contributed by atoms with E-state index in [1.807, 2.05) is 0 Å². The van der Waals surface area contributed by atoms with E-state index in [1.165, 1.54) is 7.11 Å². The average Bonchev–Trinajstić information content (AvgIpc) is 2.61. The fourth-order valence-electron chi connectivity index (χ4n) is 1.94. The molecule has 2 rings (SSSR count). The number of benzene rings is 2. The number of para-hydroxylation sites is 2. The third kappa shape index (κ3) is 5.85. The van der Waals surface area contributed by atoms with Crippen molar-refractivity contribution in [2.24, 2.45) is 0 Å². The zero-order valence-electron chi connectivity index (χ0n) is 13.3. The molecule has 0 saturated heterocycles. The van der Waals surface area contributed by atoms with Crippen LogP contribution in [0.1, 0.15) is 5.56 Å². The van der Waals surface area contributed by atoms with E-state index in [1.54, 1.807) is 42.5 Å². The van der Waals surface area contributed by atoms with Gasteiger partial charge in [0.2, 0.25) is 5.91 Å². The van der Waals surface area contributed by atoms with E-state index in [2.05, 4.69) is 10.9 Å². The van der Waals surface area contributed by atoms with Crippen LogP contribution in [0.25, 0.3) is 0 Å². The van der Waals surface area contributed by atoms with Crippen molar-refractivity contribution in [1.29, 1.82) is 0 Å². The molecule has 132 valence electrons. The van der Waals surface area contributed by atoms with Crippen molar-refractivity contribution in [3.8, 4) is 11.5 Å². The first-order valence-electron chi connectivity index (χ1n) is 7.27. The molecule has 2 aromatic carbocycles. The first-order valence-corrected chi connectivity index (χ1v) is 8.02. The molecule has 0 fully saturated rings. The first-order chi connectivity index (χ1) is 12.0. The van der Waals surface area contributed by atoms with Crippen LogP contribution >= 0.6 is 23.2 Å². The molecule has 0 radical (unpaired) electrons. The maximum absolute atomic E-state index is 11.8. The highest BCUT2D eigenvalue weighted by molar-refractivity contribution is 6.42. The second-order valence-electron chi connectivity index (χ2n) is 4.96. The van der Waals surface area contributed by atoms with Gasteiger partial charge in [-0.05, 0) is 29.8 Å². The highest BCUT2D eigenvalue weighted by atomic mass is 35.5. The fourth-order valence-corrected chi connectivity index (χ4v) is 2.26. The maximum Gasteiger partial charge on any atom is 0.276 e. The van der Waals surface area contributed by atoms with Crippen LogP contribution in [0.3, 0.4) is 0 Å². The van der Waals surface area contributed by atoms with Gasteiger partial charge < -0.3 is 9.47 Å². The first kappa shape index (κ1) is 18.9. The Hall–Kier alpha value is -2.44. The third-order valence-corrected chi connectivity index (χ3v) is 3.86. The lowest BCUT2D eigenvalue weighted by atomic mass is 10.1. The Balaban J connectivity index is 1.77. The standard InChI is InChI=1S/C17H16Cl2N2O4/c1-24-14-4-2-3-5-15(14)25-10-17(23)21-20-16(22)9-11-6-7-12(18)13(19)8-11/h2-8H,9-10H2,1H3,(H,20,22)(H,21,23). The summed E-state index contributed by atoms with van der Waals surface area (Å²) in [5, 5.41) is 0.772. The van der Waals surface area contributed by atoms with Gasteiger partial charge in [-0.1, -0.05) is 41.4 Å². The van der Waals surface area contributed by atoms with Crippen molar-refractivity contribution in [2.45, 2.75) is 6.42 Å². The molecule has 0 spiro atoms. The van der Waals surface area contributed by atoms with Gasteiger partial charge in [-0.15, -0.1) is 0 Å². The van der Waals surface area contributed by atoms with Crippen molar-refractivity contribution < 1.29 is 19.1 Å². The largest absolute Gasteiger partial charge is 0.493 e. The third-order valence-electron chi connectivity index (χ3n) is 3.12. The highest BCUT2D eigenvalue weighted by Crippen LogP contribution is 2.25. The van der Waals surface area contributed by atoms with Crippen LogP contribution in [0.2, 0.25) is 10.0 Å². The lowest BCUT2D eigenvalue weighted by Gasteiger charge is -2.11. The molecular formula is C17H16Cl2N2O4. The number of hydrazine groups is 1. The molecule has 0 unspecified atom stereocenters. The quantitative estimate of drug-likeness (QED) is 0.753. The number of rotatable bonds is 6. The minimum absolute atomic E-state index is 0.0462. The molecule has 8 heteroatoms. The predicted octanol–water partition coefficient (Wildman–Crippen LogP) is 2.77. The fraction of sp³-hybridized carbons (Fsp3) is 0.176. The van der Waals surface area contributed by atoms with Crippen molar-refractivity contribution in [2.75, 3.05) is 13.7 Å².